The summed E-state index contributed by atoms with van der Waals surface area (Å²) in [7, 11) is 0. The predicted octanol–water partition coefficient (Wildman–Crippen LogP) is -0.349. The lowest BCUT2D eigenvalue weighted by molar-refractivity contribution is -0.143. The number of hydrogen-bond donors (Lipinski definition) is 4. The maximum Gasteiger partial charge on any atom is 0.246 e. The molecule has 0 aliphatic carbocycles. The first-order chi connectivity index (χ1) is 18.2. The van der Waals surface area contributed by atoms with Crippen molar-refractivity contribution < 1.29 is 29.0 Å². The third-order valence-corrected chi connectivity index (χ3v) is 6.94. The Hall–Kier alpha value is -3.96. The third-order valence-electron chi connectivity index (χ3n) is 6.94. The van der Waals surface area contributed by atoms with Gasteiger partial charge in [-0.1, -0.05) is 42.5 Å². The number of aromatic hydroxyl groups is 1. The van der Waals surface area contributed by atoms with Crippen LogP contribution in [0, 0.1) is 0 Å². The highest BCUT2D eigenvalue weighted by atomic mass is 16.5. The van der Waals surface area contributed by atoms with Crippen molar-refractivity contribution in [3.63, 3.8) is 0 Å². The van der Waals surface area contributed by atoms with Crippen molar-refractivity contribution in [3.05, 3.63) is 65.7 Å². The van der Waals surface area contributed by atoms with E-state index >= 15 is 0 Å². The van der Waals surface area contributed by atoms with E-state index in [9.17, 15) is 24.3 Å². The fourth-order valence-electron chi connectivity index (χ4n) is 4.91. The highest BCUT2D eigenvalue weighted by Gasteiger charge is 2.41. The summed E-state index contributed by atoms with van der Waals surface area (Å²) in [4.78, 5) is 54.7. The minimum atomic E-state index is -0.968. The molecule has 6 N–H and O–H groups in total. The van der Waals surface area contributed by atoms with E-state index in [0.717, 1.165) is 11.1 Å². The second kappa shape index (κ2) is 12.1. The van der Waals surface area contributed by atoms with Gasteiger partial charge in [0.05, 0.1) is 12.6 Å². The zero-order chi connectivity index (χ0) is 27.2. The van der Waals surface area contributed by atoms with Crippen LogP contribution in [-0.4, -0.2) is 82.6 Å². The molecule has 0 unspecified atom stereocenters. The number of nitrogens with one attached hydrogen (secondary N) is 1. The first-order valence-corrected chi connectivity index (χ1v) is 12.6. The van der Waals surface area contributed by atoms with Gasteiger partial charge in [-0.15, -0.1) is 0 Å². The van der Waals surface area contributed by atoms with Crippen LogP contribution >= 0.6 is 0 Å². The Bertz CT molecular complexity index is 1160. The standard InChI is InChI=1S/C27H33N5O6/c28-20(13-18-8-10-19(33)11-9-18)26(36)32-16-38-15-23(32)25(35)30-21(14-17-5-2-1-3-6-17)27(37)31-12-4-7-22(31)24(29)34/h1-3,5-6,8-11,20-23,33H,4,7,12-16,28H2,(H2,29,34)(H,30,35)/t20-,21+,22-,23-/m0/s1. The Kier molecular flexibility index (Phi) is 8.59. The van der Waals surface area contributed by atoms with Crippen molar-refractivity contribution >= 4 is 23.6 Å². The molecular weight excluding hydrogens is 490 g/mol. The summed E-state index contributed by atoms with van der Waals surface area (Å²) >= 11 is 0. The summed E-state index contributed by atoms with van der Waals surface area (Å²) in [5, 5.41) is 12.3. The first kappa shape index (κ1) is 27.1. The molecule has 0 saturated carbocycles. The summed E-state index contributed by atoms with van der Waals surface area (Å²) in [5.41, 5.74) is 13.3. The van der Waals surface area contributed by atoms with E-state index in [1.165, 1.54) is 21.9 Å². The molecule has 2 fully saturated rings. The summed E-state index contributed by atoms with van der Waals surface area (Å²) in [5.74, 6) is -1.88. The van der Waals surface area contributed by atoms with Crippen molar-refractivity contribution in [2.75, 3.05) is 19.9 Å². The highest BCUT2D eigenvalue weighted by Crippen LogP contribution is 2.20. The van der Waals surface area contributed by atoms with E-state index in [0.29, 0.717) is 19.4 Å². The number of nitrogens with zero attached hydrogens (tertiary/aromatic N) is 2. The monoisotopic (exact) mass is 523 g/mol. The van der Waals surface area contributed by atoms with Gasteiger partial charge in [0, 0.05) is 13.0 Å². The van der Waals surface area contributed by atoms with Crippen LogP contribution in [0.3, 0.4) is 0 Å². The second-order valence-electron chi connectivity index (χ2n) is 9.64. The lowest BCUT2D eigenvalue weighted by Gasteiger charge is -2.30. The zero-order valence-electron chi connectivity index (χ0n) is 21.0. The number of hydrogen-bond acceptors (Lipinski definition) is 7. The molecule has 2 aromatic carbocycles. The molecule has 11 nitrogen and oxygen atoms in total. The topological polar surface area (TPSA) is 168 Å². The summed E-state index contributed by atoms with van der Waals surface area (Å²) in [6.45, 7) is 0.230. The van der Waals surface area contributed by atoms with Crippen molar-refractivity contribution in [3.8, 4) is 5.75 Å². The van der Waals surface area contributed by atoms with Crippen LogP contribution in [-0.2, 0) is 36.8 Å². The molecule has 2 aromatic rings. The lowest BCUT2D eigenvalue weighted by Crippen LogP contribution is -2.58. The van der Waals surface area contributed by atoms with Crippen molar-refractivity contribution in [2.24, 2.45) is 11.5 Å². The number of likely N-dealkylation sites (tertiary alicyclic amines) is 1. The smallest absolute Gasteiger partial charge is 0.246 e. The van der Waals surface area contributed by atoms with Gasteiger partial charge in [-0.25, -0.2) is 0 Å². The molecule has 4 rings (SSSR count). The van der Waals surface area contributed by atoms with E-state index in [4.69, 9.17) is 16.2 Å². The Morgan fingerprint density at radius 2 is 1.63 bits per heavy atom. The Balaban J connectivity index is 1.47. The molecule has 4 atom stereocenters. The fourth-order valence-corrected chi connectivity index (χ4v) is 4.91. The van der Waals surface area contributed by atoms with Crippen molar-refractivity contribution in [2.45, 2.75) is 49.9 Å². The number of carbonyl (C=O) groups is 4. The second-order valence-corrected chi connectivity index (χ2v) is 9.64. The summed E-state index contributed by atoms with van der Waals surface area (Å²) in [6, 6.07) is 12.0. The number of rotatable bonds is 9. The van der Waals surface area contributed by atoms with Crippen LogP contribution in [0.2, 0.25) is 0 Å². The number of phenolic OH excluding ortho intramolecular Hbond substituents is 1. The molecule has 2 heterocycles. The van der Waals surface area contributed by atoms with Gasteiger partial charge < -0.3 is 36.4 Å². The van der Waals surface area contributed by atoms with E-state index in [1.807, 2.05) is 30.3 Å². The van der Waals surface area contributed by atoms with Gasteiger partial charge >= 0.3 is 0 Å². The lowest BCUT2D eigenvalue weighted by atomic mass is 10.0. The van der Waals surface area contributed by atoms with E-state index in [-0.39, 0.29) is 31.9 Å². The molecular formula is C27H33N5O6. The Morgan fingerprint density at radius 1 is 0.947 bits per heavy atom. The average Bonchev–Trinajstić information content (AvgIpc) is 3.60. The van der Waals surface area contributed by atoms with Crippen LogP contribution in [0.15, 0.2) is 54.6 Å². The van der Waals surface area contributed by atoms with Crippen molar-refractivity contribution in [1.29, 1.82) is 0 Å². The minimum Gasteiger partial charge on any atom is -0.508 e. The Morgan fingerprint density at radius 3 is 2.32 bits per heavy atom. The van der Waals surface area contributed by atoms with Gasteiger partial charge in [0.2, 0.25) is 23.6 Å². The summed E-state index contributed by atoms with van der Waals surface area (Å²) < 4.78 is 5.44. The number of carbonyl (C=O) groups excluding carboxylic acids is 4. The Labute approximate surface area is 220 Å². The molecule has 2 saturated heterocycles. The molecule has 2 aliphatic rings. The van der Waals surface area contributed by atoms with Gasteiger partial charge in [-0.2, -0.15) is 0 Å². The summed E-state index contributed by atoms with van der Waals surface area (Å²) in [6.07, 6.45) is 1.53. The average molecular weight is 524 g/mol. The number of benzene rings is 2. The van der Waals surface area contributed by atoms with Crippen LogP contribution in [0.25, 0.3) is 0 Å². The van der Waals surface area contributed by atoms with Crippen LogP contribution in [0.5, 0.6) is 5.75 Å². The maximum absolute atomic E-state index is 13.5. The molecule has 11 heteroatoms. The van der Waals surface area contributed by atoms with Gasteiger partial charge in [-0.3, -0.25) is 19.2 Å². The third kappa shape index (κ3) is 6.29. The molecule has 0 radical (unpaired) electrons. The fraction of sp³-hybridized carbons (Fsp3) is 0.407. The molecule has 4 amide bonds. The molecule has 38 heavy (non-hydrogen) atoms. The van der Waals surface area contributed by atoms with Crippen LogP contribution in [0.4, 0.5) is 0 Å². The zero-order valence-corrected chi connectivity index (χ0v) is 21.0. The predicted molar refractivity (Wildman–Crippen MR) is 137 cm³/mol. The number of amides is 4. The van der Waals surface area contributed by atoms with Gasteiger partial charge in [0.25, 0.3) is 0 Å². The van der Waals surface area contributed by atoms with Gasteiger partial charge in [-0.05, 0) is 42.5 Å². The van der Waals surface area contributed by atoms with E-state index in [2.05, 4.69) is 5.32 Å². The number of nitrogens with two attached hydrogens (primary N) is 2. The van der Waals surface area contributed by atoms with Crippen molar-refractivity contribution in [1.82, 2.24) is 15.1 Å². The SMILES string of the molecule is NC(=O)[C@@H]1CCCN1C(=O)[C@@H](Cc1ccccc1)NC(=O)[C@@H]1COCN1C(=O)[C@@H](N)Cc1ccc(O)cc1. The number of phenols is 1. The van der Waals surface area contributed by atoms with Crippen LogP contribution in [0.1, 0.15) is 24.0 Å². The highest BCUT2D eigenvalue weighted by molar-refractivity contribution is 5.95. The molecule has 2 aliphatic heterocycles. The quantitative estimate of drug-likeness (QED) is 0.348. The number of ether oxygens (including phenoxy) is 1. The molecule has 202 valence electrons. The van der Waals surface area contributed by atoms with E-state index in [1.54, 1.807) is 12.1 Å². The van der Waals surface area contributed by atoms with E-state index < -0.39 is 47.8 Å². The minimum absolute atomic E-state index is 0.0383. The van der Waals surface area contributed by atoms with Gasteiger partial charge in [0.15, 0.2) is 0 Å². The molecule has 0 spiro atoms. The first-order valence-electron chi connectivity index (χ1n) is 12.6. The molecule has 0 aromatic heterocycles. The molecule has 0 bridgehead atoms. The van der Waals surface area contributed by atoms with Gasteiger partial charge in [0.1, 0.15) is 30.6 Å². The largest absolute Gasteiger partial charge is 0.508 e. The normalized spacial score (nSPS) is 20.7. The van der Waals surface area contributed by atoms with Crippen LogP contribution < -0.4 is 16.8 Å². The maximum atomic E-state index is 13.5. The number of primary amides is 1.